The number of rotatable bonds is 5. The summed E-state index contributed by atoms with van der Waals surface area (Å²) in [4.78, 5) is 25.2. The summed E-state index contributed by atoms with van der Waals surface area (Å²) in [5, 5.41) is 19.7. The van der Waals surface area contributed by atoms with Gasteiger partial charge in [-0.3, -0.25) is 14.3 Å². The average Bonchev–Trinajstić information content (AvgIpc) is 3.12. The van der Waals surface area contributed by atoms with Gasteiger partial charge in [0.1, 0.15) is 11.3 Å². The molecule has 0 spiro atoms. The average molecular weight is 442 g/mol. The van der Waals surface area contributed by atoms with E-state index in [0.29, 0.717) is 10.6 Å². The van der Waals surface area contributed by atoms with Gasteiger partial charge in [0.25, 0.3) is 11.5 Å². The highest BCUT2D eigenvalue weighted by atomic mass is 35.5. The van der Waals surface area contributed by atoms with Crippen LogP contribution < -0.4 is 10.9 Å². The number of carbonyl (C=O) groups excluding carboxylic acids is 1. The number of benzene rings is 1. The fourth-order valence-corrected chi connectivity index (χ4v) is 2.64. The molecule has 1 aromatic carbocycles. The van der Waals surface area contributed by atoms with E-state index in [1.54, 1.807) is 31.3 Å². The number of hydrogen-bond donors (Lipinski definition) is 2. The second-order valence-corrected chi connectivity index (χ2v) is 6.74. The van der Waals surface area contributed by atoms with E-state index in [-0.39, 0.29) is 11.4 Å². The van der Waals surface area contributed by atoms with Crippen molar-refractivity contribution in [1.82, 2.24) is 24.9 Å². The molecule has 2 N–H and O–H groups in total. The Morgan fingerprint density at radius 1 is 1.30 bits per heavy atom. The number of nitrogens with zero attached hydrogens (tertiary/aromatic N) is 4. The standard InChI is InChI=1S/C18H15ClF3N5O3/c1-26-9-12(7-24-26)27-17(30)13(16(29)23-8-15(28)18(20,21)22)6-14(25-27)10-2-4-11(19)5-3-10/h2-7,9,15,28H,8H2,1H3,(H,23,29)/t15-/m1/s1. The van der Waals surface area contributed by atoms with E-state index in [1.807, 2.05) is 5.32 Å². The quantitative estimate of drug-likeness (QED) is 0.630. The van der Waals surface area contributed by atoms with E-state index in [2.05, 4.69) is 10.2 Å². The Hall–Kier alpha value is -3.18. The van der Waals surface area contributed by atoms with E-state index in [9.17, 15) is 22.8 Å². The van der Waals surface area contributed by atoms with Crippen LogP contribution in [0, 0.1) is 0 Å². The Labute approximate surface area is 172 Å². The van der Waals surface area contributed by atoms with E-state index in [0.717, 1.165) is 10.7 Å². The largest absolute Gasteiger partial charge is 0.416 e. The zero-order valence-corrected chi connectivity index (χ0v) is 16.1. The van der Waals surface area contributed by atoms with Gasteiger partial charge in [-0.15, -0.1) is 0 Å². The molecule has 2 heterocycles. The van der Waals surface area contributed by atoms with Gasteiger partial charge in [0, 0.05) is 17.6 Å². The minimum atomic E-state index is -4.91. The number of hydrogen-bond acceptors (Lipinski definition) is 5. The van der Waals surface area contributed by atoms with Gasteiger partial charge in [-0.05, 0) is 18.2 Å². The molecule has 12 heteroatoms. The predicted molar refractivity (Wildman–Crippen MR) is 101 cm³/mol. The highest BCUT2D eigenvalue weighted by Crippen LogP contribution is 2.21. The molecule has 0 aliphatic heterocycles. The van der Waals surface area contributed by atoms with Crippen molar-refractivity contribution in [2.45, 2.75) is 12.3 Å². The highest BCUT2D eigenvalue weighted by molar-refractivity contribution is 6.30. The minimum Gasteiger partial charge on any atom is -0.382 e. The van der Waals surface area contributed by atoms with E-state index in [4.69, 9.17) is 16.7 Å². The number of alkyl halides is 3. The minimum absolute atomic E-state index is 0.205. The first-order valence-corrected chi connectivity index (χ1v) is 8.86. The fourth-order valence-electron chi connectivity index (χ4n) is 2.51. The van der Waals surface area contributed by atoms with Crippen LogP contribution in [-0.2, 0) is 7.05 Å². The van der Waals surface area contributed by atoms with Crippen molar-refractivity contribution in [2.24, 2.45) is 7.05 Å². The second kappa shape index (κ2) is 8.28. The Balaban J connectivity index is 2.05. The number of aliphatic hydroxyl groups is 1. The number of carbonyl (C=O) groups is 1. The number of aliphatic hydroxyl groups excluding tert-OH is 1. The summed E-state index contributed by atoms with van der Waals surface area (Å²) in [5.41, 5.74) is -0.339. The zero-order valence-electron chi connectivity index (χ0n) is 15.4. The molecule has 0 aliphatic carbocycles. The van der Waals surface area contributed by atoms with Crippen LogP contribution in [0.5, 0.6) is 0 Å². The van der Waals surface area contributed by atoms with Crippen LogP contribution in [0.2, 0.25) is 5.02 Å². The maximum Gasteiger partial charge on any atom is 0.416 e. The molecule has 0 saturated carbocycles. The molecule has 0 unspecified atom stereocenters. The molecule has 1 amide bonds. The first-order valence-electron chi connectivity index (χ1n) is 8.48. The molecule has 3 aromatic rings. The number of halogens is 4. The Bertz CT molecular complexity index is 1130. The van der Waals surface area contributed by atoms with Gasteiger partial charge in [-0.1, -0.05) is 23.7 Å². The summed E-state index contributed by atoms with van der Waals surface area (Å²) >= 11 is 5.88. The summed E-state index contributed by atoms with van der Waals surface area (Å²) < 4.78 is 39.8. The molecule has 8 nitrogen and oxygen atoms in total. The highest BCUT2D eigenvalue weighted by Gasteiger charge is 2.38. The summed E-state index contributed by atoms with van der Waals surface area (Å²) in [7, 11) is 1.61. The molecule has 1 atom stereocenters. The first kappa shape index (κ1) is 21.5. The second-order valence-electron chi connectivity index (χ2n) is 6.31. The van der Waals surface area contributed by atoms with Gasteiger partial charge in [-0.2, -0.15) is 28.1 Å². The molecular weight excluding hydrogens is 427 g/mol. The maximum absolute atomic E-state index is 12.8. The van der Waals surface area contributed by atoms with Crippen molar-refractivity contribution < 1.29 is 23.1 Å². The fraction of sp³-hybridized carbons (Fsp3) is 0.222. The van der Waals surface area contributed by atoms with Crippen molar-refractivity contribution in [3.05, 3.63) is 63.7 Å². The van der Waals surface area contributed by atoms with Crippen LogP contribution >= 0.6 is 11.6 Å². The number of aromatic nitrogens is 4. The molecule has 3 rings (SSSR count). The Morgan fingerprint density at radius 2 is 1.97 bits per heavy atom. The molecule has 0 fully saturated rings. The number of aryl methyl sites for hydroxylation is 1. The molecule has 158 valence electrons. The predicted octanol–water partition coefficient (Wildman–Crippen LogP) is 1.94. The number of amides is 1. The van der Waals surface area contributed by atoms with Crippen molar-refractivity contribution >= 4 is 17.5 Å². The Kier molecular flexibility index (Phi) is 5.94. The third-order valence-electron chi connectivity index (χ3n) is 4.07. The van der Waals surface area contributed by atoms with Gasteiger partial charge >= 0.3 is 6.18 Å². The van der Waals surface area contributed by atoms with Crippen LogP contribution in [0.1, 0.15) is 10.4 Å². The summed E-state index contributed by atoms with van der Waals surface area (Å²) in [6.07, 6.45) is -4.85. The third-order valence-corrected chi connectivity index (χ3v) is 4.32. The molecule has 0 aliphatic rings. The van der Waals surface area contributed by atoms with E-state index in [1.165, 1.54) is 17.1 Å². The van der Waals surface area contributed by atoms with Crippen molar-refractivity contribution in [1.29, 1.82) is 0 Å². The van der Waals surface area contributed by atoms with Crippen LogP contribution in [-0.4, -0.2) is 49.4 Å². The van der Waals surface area contributed by atoms with Crippen molar-refractivity contribution in [2.75, 3.05) is 6.54 Å². The lowest BCUT2D eigenvalue weighted by Crippen LogP contribution is -2.42. The van der Waals surface area contributed by atoms with Crippen LogP contribution in [0.25, 0.3) is 16.9 Å². The Morgan fingerprint density at radius 3 is 2.53 bits per heavy atom. The molecule has 0 bridgehead atoms. The van der Waals surface area contributed by atoms with Gasteiger partial charge < -0.3 is 10.4 Å². The topological polar surface area (TPSA) is 102 Å². The van der Waals surface area contributed by atoms with Gasteiger partial charge in [0.2, 0.25) is 0 Å². The van der Waals surface area contributed by atoms with Gasteiger partial charge in [0.05, 0.1) is 24.6 Å². The van der Waals surface area contributed by atoms with Crippen LogP contribution in [0.15, 0.2) is 47.5 Å². The normalized spacial score (nSPS) is 12.6. The number of nitrogens with one attached hydrogen (secondary N) is 1. The van der Waals surface area contributed by atoms with E-state index < -0.39 is 35.9 Å². The molecule has 2 aromatic heterocycles. The van der Waals surface area contributed by atoms with Crippen molar-refractivity contribution in [3.8, 4) is 16.9 Å². The lowest BCUT2D eigenvalue weighted by atomic mass is 10.1. The van der Waals surface area contributed by atoms with Crippen molar-refractivity contribution in [3.63, 3.8) is 0 Å². The molecule has 0 saturated heterocycles. The molecule has 30 heavy (non-hydrogen) atoms. The smallest absolute Gasteiger partial charge is 0.382 e. The molecular formula is C18H15ClF3N5O3. The lowest BCUT2D eigenvalue weighted by Gasteiger charge is -2.15. The third kappa shape index (κ3) is 4.69. The summed E-state index contributed by atoms with van der Waals surface area (Å²) in [6, 6.07) is 7.54. The monoisotopic (exact) mass is 441 g/mol. The summed E-state index contributed by atoms with van der Waals surface area (Å²) in [6.45, 7) is -1.10. The van der Waals surface area contributed by atoms with Gasteiger partial charge in [-0.25, -0.2) is 0 Å². The zero-order chi connectivity index (χ0) is 22.1. The van der Waals surface area contributed by atoms with Crippen LogP contribution in [0.3, 0.4) is 0 Å². The lowest BCUT2D eigenvalue weighted by molar-refractivity contribution is -0.201. The maximum atomic E-state index is 12.8. The SMILES string of the molecule is Cn1cc(-n2nc(-c3ccc(Cl)cc3)cc(C(=O)NC[C@@H](O)C(F)(F)F)c2=O)cn1. The first-order chi connectivity index (χ1) is 14.1. The molecule has 0 radical (unpaired) electrons. The van der Waals surface area contributed by atoms with Gasteiger partial charge in [0.15, 0.2) is 6.10 Å². The van der Waals surface area contributed by atoms with E-state index >= 15 is 0 Å². The summed E-state index contributed by atoms with van der Waals surface area (Å²) in [5.74, 6) is -1.08. The van der Waals surface area contributed by atoms with Crippen LogP contribution in [0.4, 0.5) is 13.2 Å².